The molecule has 5 rings (SSSR count). The molecular weight excluding hydrogens is 386 g/mol. The second kappa shape index (κ2) is 7.94. The second-order valence-corrected chi connectivity index (χ2v) is 9.08. The van der Waals surface area contributed by atoms with Gasteiger partial charge in [-0.05, 0) is 44.1 Å². The zero-order valence-electron chi connectivity index (χ0n) is 16.8. The Morgan fingerprint density at radius 2 is 2.00 bits per heavy atom. The van der Waals surface area contributed by atoms with Crippen LogP contribution in [0.2, 0.25) is 5.02 Å². The third-order valence-corrected chi connectivity index (χ3v) is 6.88. The van der Waals surface area contributed by atoms with Crippen LogP contribution in [0.4, 0.5) is 5.95 Å². The summed E-state index contributed by atoms with van der Waals surface area (Å²) in [4.78, 5) is 9.30. The van der Waals surface area contributed by atoms with Gasteiger partial charge in [-0.2, -0.15) is 10.2 Å². The summed E-state index contributed by atoms with van der Waals surface area (Å²) >= 11 is 6.52. The number of halogens is 1. The molecule has 3 heterocycles. The van der Waals surface area contributed by atoms with Crippen LogP contribution >= 0.6 is 11.6 Å². The van der Waals surface area contributed by atoms with Crippen LogP contribution in [0.15, 0.2) is 29.8 Å². The minimum Gasteiger partial charge on any atom is -0.351 e. The average Bonchev–Trinajstić information content (AvgIpc) is 3.24. The fraction of sp³-hybridized carbons (Fsp3) is 0.619. The van der Waals surface area contributed by atoms with Gasteiger partial charge in [-0.3, -0.25) is 9.69 Å². The molecule has 2 aromatic heterocycles. The first-order chi connectivity index (χ1) is 14.2. The maximum atomic E-state index is 6.52. The van der Waals surface area contributed by atoms with Gasteiger partial charge in [0.1, 0.15) is 0 Å². The summed E-state index contributed by atoms with van der Waals surface area (Å²) in [5.41, 5.74) is 0.896. The molecule has 2 aliphatic carbocycles. The topological polar surface area (TPSA) is 71.2 Å². The number of nitrogens with one attached hydrogen (secondary N) is 1. The van der Waals surface area contributed by atoms with Crippen molar-refractivity contribution < 1.29 is 0 Å². The Morgan fingerprint density at radius 1 is 1.17 bits per heavy atom. The fourth-order valence-corrected chi connectivity index (χ4v) is 4.91. The molecule has 0 amide bonds. The van der Waals surface area contributed by atoms with Crippen LogP contribution in [0.1, 0.15) is 62.6 Å². The van der Waals surface area contributed by atoms with Gasteiger partial charge < -0.3 is 5.32 Å². The first-order valence-corrected chi connectivity index (χ1v) is 11.1. The summed E-state index contributed by atoms with van der Waals surface area (Å²) in [5, 5.41) is 15.2. The smallest absolute Gasteiger partial charge is 0.223 e. The van der Waals surface area contributed by atoms with Gasteiger partial charge in [0.05, 0.1) is 34.9 Å². The van der Waals surface area contributed by atoms with Crippen LogP contribution in [0.3, 0.4) is 0 Å². The van der Waals surface area contributed by atoms with E-state index in [1.165, 1.54) is 12.8 Å². The highest BCUT2D eigenvalue weighted by Crippen LogP contribution is 2.40. The number of aromatic nitrogens is 4. The van der Waals surface area contributed by atoms with Gasteiger partial charge in [-0.1, -0.05) is 24.4 Å². The molecule has 0 saturated heterocycles. The van der Waals surface area contributed by atoms with E-state index >= 15 is 0 Å². The molecule has 0 bridgehead atoms. The van der Waals surface area contributed by atoms with Crippen LogP contribution in [-0.4, -0.2) is 50.1 Å². The number of hydrogen-bond acceptors (Lipinski definition) is 6. The van der Waals surface area contributed by atoms with Gasteiger partial charge in [0.15, 0.2) is 0 Å². The maximum Gasteiger partial charge on any atom is 0.223 e. The zero-order valence-corrected chi connectivity index (χ0v) is 17.5. The molecule has 0 aromatic carbocycles. The highest BCUT2D eigenvalue weighted by molar-refractivity contribution is 6.31. The van der Waals surface area contributed by atoms with Crippen molar-refractivity contribution in [1.29, 1.82) is 0 Å². The van der Waals surface area contributed by atoms with Gasteiger partial charge in [0.25, 0.3) is 0 Å². The third-order valence-electron chi connectivity index (χ3n) is 6.59. The molecule has 0 spiro atoms. The Morgan fingerprint density at radius 3 is 2.72 bits per heavy atom. The Labute approximate surface area is 176 Å². The molecule has 7 nitrogen and oxygen atoms in total. The van der Waals surface area contributed by atoms with Crippen molar-refractivity contribution in [1.82, 2.24) is 24.8 Å². The molecule has 2 fully saturated rings. The van der Waals surface area contributed by atoms with Gasteiger partial charge in [-0.25, -0.2) is 9.97 Å². The fourth-order valence-electron chi connectivity index (χ4n) is 4.69. The molecular formula is C21H28ClN7. The lowest BCUT2D eigenvalue weighted by Crippen LogP contribution is -2.30. The minimum atomic E-state index is 0.132. The van der Waals surface area contributed by atoms with Crippen LogP contribution in [0, 0.1) is 5.92 Å². The second-order valence-electron chi connectivity index (χ2n) is 8.67. The monoisotopic (exact) mass is 413 g/mol. The highest BCUT2D eigenvalue weighted by atomic mass is 35.5. The molecule has 29 heavy (non-hydrogen) atoms. The van der Waals surface area contributed by atoms with Crippen molar-refractivity contribution in [3.05, 3.63) is 35.4 Å². The van der Waals surface area contributed by atoms with Crippen LogP contribution in [0.25, 0.3) is 0 Å². The molecule has 2 saturated carbocycles. The lowest BCUT2D eigenvalue weighted by atomic mass is 9.91. The highest BCUT2D eigenvalue weighted by Gasteiger charge is 2.37. The summed E-state index contributed by atoms with van der Waals surface area (Å²) in [5.74, 6) is 1.64. The van der Waals surface area contributed by atoms with Crippen molar-refractivity contribution >= 4 is 23.8 Å². The molecule has 2 unspecified atom stereocenters. The lowest BCUT2D eigenvalue weighted by Gasteiger charge is -2.29. The minimum absolute atomic E-state index is 0.132. The largest absolute Gasteiger partial charge is 0.351 e. The Hall–Kier alpha value is -2.15. The number of nitrogens with zero attached hydrogens (tertiary/aromatic N) is 6. The first-order valence-electron chi connectivity index (χ1n) is 10.7. The summed E-state index contributed by atoms with van der Waals surface area (Å²) in [6, 6.07) is 3.22. The molecule has 1 N–H and O–H groups in total. The van der Waals surface area contributed by atoms with E-state index in [9.17, 15) is 0 Å². The van der Waals surface area contributed by atoms with Gasteiger partial charge in [0, 0.05) is 31.7 Å². The summed E-state index contributed by atoms with van der Waals surface area (Å²) in [6.07, 6.45) is 15.9. The summed E-state index contributed by atoms with van der Waals surface area (Å²) in [7, 11) is 2.05. The van der Waals surface area contributed by atoms with E-state index in [-0.39, 0.29) is 5.92 Å². The van der Waals surface area contributed by atoms with E-state index in [1.54, 1.807) is 6.20 Å². The summed E-state index contributed by atoms with van der Waals surface area (Å²) in [6.45, 7) is 0. The van der Waals surface area contributed by atoms with E-state index in [0.717, 1.165) is 43.7 Å². The van der Waals surface area contributed by atoms with E-state index in [4.69, 9.17) is 16.6 Å². The zero-order chi connectivity index (χ0) is 19.8. The van der Waals surface area contributed by atoms with Gasteiger partial charge in [0.2, 0.25) is 5.95 Å². The number of likely N-dealkylation sites (N-methyl/N-ethyl adjacent to an activating group) is 1. The molecule has 1 aliphatic heterocycles. The van der Waals surface area contributed by atoms with Crippen LogP contribution in [0.5, 0.6) is 0 Å². The normalized spacial score (nSPS) is 29.4. The SMILES string of the molecule is CN1N=CC(c2nc(NC3CCC(n4cccn4)CC3)ncc2Cl)C1CC1CC1. The van der Waals surface area contributed by atoms with Gasteiger partial charge in [-0.15, -0.1) is 0 Å². The third kappa shape index (κ3) is 4.10. The van der Waals surface area contributed by atoms with Crippen molar-refractivity contribution in [2.45, 2.75) is 69.0 Å². The lowest BCUT2D eigenvalue weighted by molar-refractivity contribution is 0.246. The van der Waals surface area contributed by atoms with Crippen molar-refractivity contribution in [2.24, 2.45) is 11.0 Å². The van der Waals surface area contributed by atoms with E-state index in [1.807, 2.05) is 18.5 Å². The maximum absolute atomic E-state index is 6.52. The molecule has 2 atom stereocenters. The molecule has 2 aromatic rings. The quantitative estimate of drug-likeness (QED) is 0.771. The molecule has 0 radical (unpaired) electrons. The van der Waals surface area contributed by atoms with E-state index in [0.29, 0.717) is 29.1 Å². The standard InChI is InChI=1S/C21H28ClN7/c1-28-19(11-14-3-4-14)17(12-25-28)20-18(22)13-23-21(27-20)26-15-5-7-16(8-6-15)29-10-2-9-24-29/h2,9-10,12-17,19H,3-8,11H2,1H3,(H,23,26,27). The van der Waals surface area contributed by atoms with Crippen LogP contribution in [-0.2, 0) is 0 Å². The Kier molecular flexibility index (Phi) is 5.16. The van der Waals surface area contributed by atoms with Crippen LogP contribution < -0.4 is 5.32 Å². The Balaban J connectivity index is 1.26. The molecule has 154 valence electrons. The number of anilines is 1. The van der Waals surface area contributed by atoms with Gasteiger partial charge >= 0.3 is 0 Å². The summed E-state index contributed by atoms with van der Waals surface area (Å²) < 4.78 is 2.09. The molecule has 8 heteroatoms. The Bertz CT molecular complexity index is 856. The predicted molar refractivity (Wildman–Crippen MR) is 114 cm³/mol. The average molecular weight is 414 g/mol. The van der Waals surface area contributed by atoms with Crippen molar-refractivity contribution in [2.75, 3.05) is 12.4 Å². The number of hydrogen-bond donors (Lipinski definition) is 1. The predicted octanol–water partition coefficient (Wildman–Crippen LogP) is 4.11. The van der Waals surface area contributed by atoms with Crippen molar-refractivity contribution in [3.8, 4) is 0 Å². The molecule has 3 aliphatic rings. The number of rotatable bonds is 6. The van der Waals surface area contributed by atoms with Crippen molar-refractivity contribution in [3.63, 3.8) is 0 Å². The first kappa shape index (κ1) is 18.9. The van der Waals surface area contributed by atoms with E-state index < -0.39 is 0 Å². The number of hydrazone groups is 1. The van der Waals surface area contributed by atoms with E-state index in [2.05, 4.69) is 43.4 Å².